The molecule has 92 valence electrons. The highest BCUT2D eigenvalue weighted by atomic mass is 16.5. The molecule has 0 amide bonds. The Bertz CT molecular complexity index is 234. The Labute approximate surface area is 98.1 Å². The lowest BCUT2D eigenvalue weighted by atomic mass is 9.93. The third-order valence-electron chi connectivity index (χ3n) is 4.03. The van der Waals surface area contributed by atoms with Crippen LogP contribution in [-0.2, 0) is 9.53 Å². The van der Waals surface area contributed by atoms with Gasteiger partial charge in [0.1, 0.15) is 5.78 Å². The van der Waals surface area contributed by atoms with E-state index in [1.807, 2.05) is 0 Å². The van der Waals surface area contributed by atoms with E-state index in [9.17, 15) is 4.79 Å². The fourth-order valence-corrected chi connectivity index (χ4v) is 2.74. The van der Waals surface area contributed by atoms with Gasteiger partial charge >= 0.3 is 0 Å². The van der Waals surface area contributed by atoms with E-state index < -0.39 is 0 Å². The summed E-state index contributed by atoms with van der Waals surface area (Å²) >= 11 is 0. The summed E-state index contributed by atoms with van der Waals surface area (Å²) in [5.41, 5.74) is 0. The zero-order valence-electron chi connectivity index (χ0n) is 10.3. The van der Waals surface area contributed by atoms with Gasteiger partial charge in [-0.25, -0.2) is 0 Å². The maximum atomic E-state index is 11.7. The van der Waals surface area contributed by atoms with Crippen molar-refractivity contribution in [2.24, 2.45) is 11.8 Å². The molecule has 3 nitrogen and oxygen atoms in total. The van der Waals surface area contributed by atoms with Crippen molar-refractivity contribution < 1.29 is 9.53 Å². The van der Waals surface area contributed by atoms with Gasteiger partial charge in [-0.3, -0.25) is 4.79 Å². The minimum Gasteiger partial charge on any atom is -0.380 e. The zero-order valence-corrected chi connectivity index (χ0v) is 10.3. The summed E-state index contributed by atoms with van der Waals surface area (Å²) in [5, 5.41) is 0. The standard InChI is InChI=1S/C13H23NO2/c1-2-11-3-6-14(7-4-11)9-12-10-16-8-5-13(12)15/h11-12H,2-10H2,1H3. The van der Waals surface area contributed by atoms with Crippen LogP contribution in [0.1, 0.15) is 32.6 Å². The summed E-state index contributed by atoms with van der Waals surface area (Å²) in [6.45, 7) is 6.82. The van der Waals surface area contributed by atoms with Crippen LogP contribution in [0.15, 0.2) is 0 Å². The SMILES string of the molecule is CCC1CCN(CC2COCCC2=O)CC1. The Hall–Kier alpha value is -0.410. The molecule has 2 aliphatic rings. The first-order valence-corrected chi connectivity index (χ1v) is 6.62. The van der Waals surface area contributed by atoms with E-state index in [2.05, 4.69) is 11.8 Å². The van der Waals surface area contributed by atoms with Crippen molar-refractivity contribution >= 4 is 5.78 Å². The predicted octanol–water partition coefficient (Wildman–Crippen LogP) is 1.71. The Morgan fingerprint density at radius 1 is 1.38 bits per heavy atom. The fraction of sp³-hybridized carbons (Fsp3) is 0.923. The van der Waals surface area contributed by atoms with E-state index >= 15 is 0 Å². The van der Waals surface area contributed by atoms with Gasteiger partial charge in [-0.15, -0.1) is 0 Å². The number of ether oxygens (including phenoxy) is 1. The topological polar surface area (TPSA) is 29.5 Å². The van der Waals surface area contributed by atoms with Crippen LogP contribution in [0.25, 0.3) is 0 Å². The van der Waals surface area contributed by atoms with Crippen molar-refractivity contribution in [3.8, 4) is 0 Å². The van der Waals surface area contributed by atoms with Crippen molar-refractivity contribution in [2.45, 2.75) is 32.6 Å². The molecule has 0 saturated carbocycles. The molecule has 16 heavy (non-hydrogen) atoms. The number of carbonyl (C=O) groups is 1. The van der Waals surface area contributed by atoms with Gasteiger partial charge in [0.05, 0.1) is 19.1 Å². The van der Waals surface area contributed by atoms with Crippen LogP contribution >= 0.6 is 0 Å². The Balaban J connectivity index is 1.75. The number of piperidine rings is 1. The van der Waals surface area contributed by atoms with Crippen molar-refractivity contribution in [1.82, 2.24) is 4.90 Å². The first-order valence-electron chi connectivity index (χ1n) is 6.62. The molecule has 1 unspecified atom stereocenters. The summed E-state index contributed by atoms with van der Waals surface area (Å²) < 4.78 is 5.39. The number of carbonyl (C=O) groups excluding carboxylic acids is 1. The lowest BCUT2D eigenvalue weighted by molar-refractivity contribution is -0.131. The summed E-state index contributed by atoms with van der Waals surface area (Å²) in [6, 6.07) is 0. The van der Waals surface area contributed by atoms with Crippen molar-refractivity contribution in [3.63, 3.8) is 0 Å². The van der Waals surface area contributed by atoms with Gasteiger partial charge < -0.3 is 9.64 Å². The number of likely N-dealkylation sites (tertiary alicyclic amines) is 1. The number of hydrogen-bond acceptors (Lipinski definition) is 3. The normalized spacial score (nSPS) is 29.6. The smallest absolute Gasteiger partial charge is 0.141 e. The van der Waals surface area contributed by atoms with Gasteiger partial charge in [0.15, 0.2) is 0 Å². The molecule has 0 bridgehead atoms. The lowest BCUT2D eigenvalue weighted by Gasteiger charge is -2.34. The van der Waals surface area contributed by atoms with Crippen LogP contribution < -0.4 is 0 Å². The number of hydrogen-bond donors (Lipinski definition) is 0. The monoisotopic (exact) mass is 225 g/mol. The van der Waals surface area contributed by atoms with Crippen LogP contribution in [0, 0.1) is 11.8 Å². The third-order valence-corrected chi connectivity index (χ3v) is 4.03. The molecule has 0 aliphatic carbocycles. The summed E-state index contributed by atoms with van der Waals surface area (Å²) in [7, 11) is 0. The van der Waals surface area contributed by atoms with Gasteiger partial charge in [0.2, 0.25) is 0 Å². The average molecular weight is 225 g/mol. The average Bonchev–Trinajstić information content (AvgIpc) is 2.33. The van der Waals surface area contributed by atoms with Crippen LogP contribution in [0.3, 0.4) is 0 Å². The number of nitrogens with zero attached hydrogens (tertiary/aromatic N) is 1. The first-order chi connectivity index (χ1) is 7.79. The third kappa shape index (κ3) is 3.05. The molecule has 0 radical (unpaired) electrons. The van der Waals surface area contributed by atoms with Crippen molar-refractivity contribution in [2.75, 3.05) is 32.8 Å². The first kappa shape index (κ1) is 12.1. The number of ketones is 1. The number of Topliss-reactive ketones (excluding diaryl/α,β-unsaturated/α-hetero) is 1. The molecule has 1 atom stereocenters. The molecule has 0 aromatic heterocycles. The molecule has 0 spiro atoms. The zero-order chi connectivity index (χ0) is 11.4. The molecular formula is C13H23NO2. The highest BCUT2D eigenvalue weighted by Crippen LogP contribution is 2.21. The molecule has 2 fully saturated rings. The second kappa shape index (κ2) is 5.78. The van der Waals surface area contributed by atoms with E-state index in [1.54, 1.807) is 0 Å². The van der Waals surface area contributed by atoms with Gasteiger partial charge in [-0.2, -0.15) is 0 Å². The maximum Gasteiger partial charge on any atom is 0.141 e. The van der Waals surface area contributed by atoms with E-state index in [0.717, 1.165) is 12.5 Å². The van der Waals surface area contributed by atoms with Gasteiger partial charge in [-0.1, -0.05) is 13.3 Å². The summed E-state index contributed by atoms with van der Waals surface area (Å²) in [6.07, 6.45) is 4.53. The summed E-state index contributed by atoms with van der Waals surface area (Å²) in [5.74, 6) is 1.46. The Morgan fingerprint density at radius 2 is 2.12 bits per heavy atom. The van der Waals surface area contributed by atoms with Crippen LogP contribution in [0.2, 0.25) is 0 Å². The van der Waals surface area contributed by atoms with Crippen molar-refractivity contribution in [1.29, 1.82) is 0 Å². The highest BCUT2D eigenvalue weighted by Gasteiger charge is 2.26. The van der Waals surface area contributed by atoms with E-state index in [-0.39, 0.29) is 5.92 Å². The van der Waals surface area contributed by atoms with Crippen LogP contribution in [0.5, 0.6) is 0 Å². The quantitative estimate of drug-likeness (QED) is 0.732. The molecular weight excluding hydrogens is 202 g/mol. The molecule has 0 N–H and O–H groups in total. The minimum atomic E-state index is 0.145. The van der Waals surface area contributed by atoms with Gasteiger partial charge in [-0.05, 0) is 31.8 Å². The molecule has 2 heterocycles. The minimum absolute atomic E-state index is 0.145. The highest BCUT2D eigenvalue weighted by molar-refractivity contribution is 5.82. The molecule has 2 saturated heterocycles. The summed E-state index contributed by atoms with van der Waals surface area (Å²) in [4.78, 5) is 14.1. The molecule has 2 aliphatic heterocycles. The largest absolute Gasteiger partial charge is 0.380 e. The molecule has 3 heteroatoms. The van der Waals surface area contributed by atoms with E-state index in [1.165, 1.54) is 32.4 Å². The maximum absolute atomic E-state index is 11.7. The Kier molecular flexibility index (Phi) is 4.36. The number of rotatable bonds is 3. The van der Waals surface area contributed by atoms with Crippen LogP contribution in [-0.4, -0.2) is 43.5 Å². The van der Waals surface area contributed by atoms with Crippen LogP contribution in [0.4, 0.5) is 0 Å². The van der Waals surface area contributed by atoms with E-state index in [4.69, 9.17) is 4.74 Å². The van der Waals surface area contributed by atoms with Gasteiger partial charge in [0.25, 0.3) is 0 Å². The second-order valence-corrected chi connectivity index (χ2v) is 5.14. The van der Waals surface area contributed by atoms with E-state index in [0.29, 0.717) is 25.4 Å². The second-order valence-electron chi connectivity index (χ2n) is 5.14. The Morgan fingerprint density at radius 3 is 2.75 bits per heavy atom. The lowest BCUT2D eigenvalue weighted by Crippen LogP contribution is -2.42. The molecule has 0 aromatic rings. The van der Waals surface area contributed by atoms with Gasteiger partial charge in [0, 0.05) is 13.0 Å². The van der Waals surface area contributed by atoms with Crippen molar-refractivity contribution in [3.05, 3.63) is 0 Å². The fourth-order valence-electron chi connectivity index (χ4n) is 2.74. The molecule has 0 aromatic carbocycles. The molecule has 2 rings (SSSR count). The predicted molar refractivity (Wildman–Crippen MR) is 63.4 cm³/mol.